The van der Waals surface area contributed by atoms with E-state index in [9.17, 15) is 0 Å². The van der Waals surface area contributed by atoms with Crippen molar-refractivity contribution < 1.29 is 0 Å². The van der Waals surface area contributed by atoms with Crippen LogP contribution >= 0.6 is 0 Å². The molecule has 1 saturated heterocycles. The summed E-state index contributed by atoms with van der Waals surface area (Å²) in [6, 6.07) is 5.11. The molecule has 2 saturated carbocycles. The normalized spacial score (nSPS) is 33.9. The number of aromatic nitrogens is 1. The molecule has 1 aromatic rings. The maximum absolute atomic E-state index is 4.57. The zero-order chi connectivity index (χ0) is 13.5. The highest BCUT2D eigenvalue weighted by Gasteiger charge is 2.42. The van der Waals surface area contributed by atoms with E-state index in [0.29, 0.717) is 0 Å². The highest BCUT2D eigenvalue weighted by atomic mass is 15.3. The fourth-order valence-electron chi connectivity index (χ4n) is 4.73. The van der Waals surface area contributed by atoms with E-state index in [0.717, 1.165) is 31.0 Å². The number of nitrogens with zero attached hydrogens (tertiary/aromatic N) is 3. The molecule has 3 aliphatic rings. The van der Waals surface area contributed by atoms with Crippen molar-refractivity contribution >= 4 is 5.82 Å². The molecule has 20 heavy (non-hydrogen) atoms. The van der Waals surface area contributed by atoms with Gasteiger partial charge in [0.15, 0.2) is 0 Å². The smallest absolute Gasteiger partial charge is 0.131 e. The molecule has 1 aliphatic heterocycles. The standard InChI is InChI=1S/C17H25N3/c1-13-3-2-6-18-17(13)20-9-7-19(8-10-20)16-12-14-4-5-15(16)11-14/h2-3,6,14-16H,4-5,7-12H2,1H3/t14-,15-,16-/m0/s1. The highest BCUT2D eigenvalue weighted by molar-refractivity contribution is 5.46. The van der Waals surface area contributed by atoms with Crippen molar-refractivity contribution in [2.24, 2.45) is 11.8 Å². The molecule has 3 fully saturated rings. The Morgan fingerprint density at radius 3 is 2.60 bits per heavy atom. The maximum atomic E-state index is 4.57. The summed E-state index contributed by atoms with van der Waals surface area (Å²) in [6.45, 7) is 6.91. The lowest BCUT2D eigenvalue weighted by Gasteiger charge is -2.41. The molecule has 3 nitrogen and oxygen atoms in total. The van der Waals surface area contributed by atoms with Gasteiger partial charge >= 0.3 is 0 Å². The molecule has 0 aromatic carbocycles. The van der Waals surface area contributed by atoms with Crippen LogP contribution in [0.5, 0.6) is 0 Å². The SMILES string of the molecule is Cc1cccnc1N1CCN([C@H]2C[C@H]3CC[C@H]2C3)CC1. The summed E-state index contributed by atoms with van der Waals surface area (Å²) in [6.07, 6.45) is 7.92. The van der Waals surface area contributed by atoms with Gasteiger partial charge in [-0.3, -0.25) is 4.90 Å². The van der Waals surface area contributed by atoms with Crippen LogP contribution in [0.2, 0.25) is 0 Å². The zero-order valence-electron chi connectivity index (χ0n) is 12.5. The van der Waals surface area contributed by atoms with Crippen LogP contribution in [0.1, 0.15) is 31.2 Å². The van der Waals surface area contributed by atoms with Gasteiger partial charge in [-0.2, -0.15) is 0 Å². The van der Waals surface area contributed by atoms with Gasteiger partial charge in [0.2, 0.25) is 0 Å². The summed E-state index contributed by atoms with van der Waals surface area (Å²) in [5.74, 6) is 3.27. The average molecular weight is 271 g/mol. The summed E-state index contributed by atoms with van der Waals surface area (Å²) in [5.41, 5.74) is 1.31. The van der Waals surface area contributed by atoms with Gasteiger partial charge in [-0.25, -0.2) is 4.98 Å². The van der Waals surface area contributed by atoms with Crippen molar-refractivity contribution in [3.05, 3.63) is 23.9 Å². The number of fused-ring (bicyclic) bond motifs is 2. The number of aryl methyl sites for hydroxylation is 1. The molecule has 108 valence electrons. The number of piperazine rings is 1. The van der Waals surface area contributed by atoms with Gasteiger partial charge in [0, 0.05) is 38.4 Å². The highest BCUT2D eigenvalue weighted by Crippen LogP contribution is 2.46. The fourth-order valence-corrected chi connectivity index (χ4v) is 4.73. The predicted octanol–water partition coefficient (Wildman–Crippen LogP) is 2.70. The Morgan fingerprint density at radius 1 is 1.10 bits per heavy atom. The molecule has 0 radical (unpaired) electrons. The zero-order valence-corrected chi connectivity index (χ0v) is 12.5. The molecule has 1 aromatic heterocycles. The minimum atomic E-state index is 0.903. The summed E-state index contributed by atoms with van der Waals surface area (Å²) in [4.78, 5) is 9.82. The lowest BCUT2D eigenvalue weighted by molar-refractivity contribution is 0.134. The number of anilines is 1. The minimum Gasteiger partial charge on any atom is -0.354 e. The van der Waals surface area contributed by atoms with E-state index in [4.69, 9.17) is 0 Å². The van der Waals surface area contributed by atoms with E-state index in [1.807, 2.05) is 12.3 Å². The number of pyridine rings is 1. The third kappa shape index (κ3) is 2.12. The number of rotatable bonds is 2. The van der Waals surface area contributed by atoms with Crippen LogP contribution in [0.25, 0.3) is 0 Å². The van der Waals surface area contributed by atoms with Gasteiger partial charge in [-0.1, -0.05) is 12.5 Å². The Labute approximate surface area is 122 Å². The van der Waals surface area contributed by atoms with E-state index in [-0.39, 0.29) is 0 Å². The Hall–Kier alpha value is -1.09. The molecule has 3 heteroatoms. The van der Waals surface area contributed by atoms with Crippen molar-refractivity contribution in [3.63, 3.8) is 0 Å². The van der Waals surface area contributed by atoms with Gasteiger partial charge in [-0.05, 0) is 49.7 Å². The first-order valence-electron chi connectivity index (χ1n) is 8.22. The number of hydrogen-bond donors (Lipinski definition) is 0. The lowest BCUT2D eigenvalue weighted by Crippen LogP contribution is -2.52. The van der Waals surface area contributed by atoms with E-state index in [2.05, 4.69) is 27.8 Å². The maximum Gasteiger partial charge on any atom is 0.131 e. The van der Waals surface area contributed by atoms with Crippen LogP contribution in [-0.4, -0.2) is 42.1 Å². The predicted molar refractivity (Wildman–Crippen MR) is 82.0 cm³/mol. The number of hydrogen-bond acceptors (Lipinski definition) is 3. The topological polar surface area (TPSA) is 19.4 Å². The molecule has 0 unspecified atom stereocenters. The van der Waals surface area contributed by atoms with E-state index >= 15 is 0 Å². The Kier molecular flexibility index (Phi) is 3.18. The average Bonchev–Trinajstić information content (AvgIpc) is 3.11. The van der Waals surface area contributed by atoms with Crippen molar-refractivity contribution in [1.82, 2.24) is 9.88 Å². The van der Waals surface area contributed by atoms with E-state index in [1.165, 1.54) is 50.2 Å². The summed E-state index contributed by atoms with van der Waals surface area (Å²) in [7, 11) is 0. The van der Waals surface area contributed by atoms with Crippen LogP contribution < -0.4 is 4.90 Å². The molecule has 2 heterocycles. The summed E-state index contributed by atoms with van der Waals surface area (Å²) in [5, 5.41) is 0. The van der Waals surface area contributed by atoms with Gasteiger partial charge in [-0.15, -0.1) is 0 Å². The first kappa shape index (κ1) is 12.6. The molecule has 4 rings (SSSR count). The lowest BCUT2D eigenvalue weighted by atomic mass is 9.93. The van der Waals surface area contributed by atoms with E-state index in [1.54, 1.807) is 0 Å². The van der Waals surface area contributed by atoms with Crippen molar-refractivity contribution in [2.45, 2.75) is 38.6 Å². The third-order valence-electron chi connectivity index (χ3n) is 5.77. The van der Waals surface area contributed by atoms with Crippen LogP contribution in [0.15, 0.2) is 18.3 Å². The molecule has 0 N–H and O–H groups in total. The van der Waals surface area contributed by atoms with Gasteiger partial charge < -0.3 is 4.90 Å². The molecule has 3 atom stereocenters. The van der Waals surface area contributed by atoms with Crippen LogP contribution in [0.3, 0.4) is 0 Å². The Bertz CT molecular complexity index is 479. The molecule has 0 spiro atoms. The second-order valence-corrected chi connectivity index (χ2v) is 6.91. The van der Waals surface area contributed by atoms with E-state index < -0.39 is 0 Å². The molecule has 2 bridgehead atoms. The molecular weight excluding hydrogens is 246 g/mol. The monoisotopic (exact) mass is 271 g/mol. The largest absolute Gasteiger partial charge is 0.354 e. The first-order chi connectivity index (χ1) is 9.81. The minimum absolute atomic E-state index is 0.903. The second-order valence-electron chi connectivity index (χ2n) is 6.91. The Morgan fingerprint density at radius 2 is 1.95 bits per heavy atom. The van der Waals surface area contributed by atoms with Crippen molar-refractivity contribution in [3.8, 4) is 0 Å². The Balaban J connectivity index is 1.40. The van der Waals surface area contributed by atoms with Crippen molar-refractivity contribution in [1.29, 1.82) is 0 Å². The fraction of sp³-hybridized carbons (Fsp3) is 0.706. The molecule has 0 amide bonds. The van der Waals surface area contributed by atoms with Crippen LogP contribution in [0.4, 0.5) is 5.82 Å². The van der Waals surface area contributed by atoms with Gasteiger partial charge in [0.05, 0.1) is 0 Å². The van der Waals surface area contributed by atoms with Gasteiger partial charge in [0.25, 0.3) is 0 Å². The first-order valence-corrected chi connectivity index (χ1v) is 8.22. The molecular formula is C17H25N3. The third-order valence-corrected chi connectivity index (χ3v) is 5.77. The summed E-state index contributed by atoms with van der Waals surface area (Å²) < 4.78 is 0. The van der Waals surface area contributed by atoms with Gasteiger partial charge in [0.1, 0.15) is 5.82 Å². The van der Waals surface area contributed by atoms with Crippen LogP contribution in [0, 0.1) is 18.8 Å². The quantitative estimate of drug-likeness (QED) is 0.824. The van der Waals surface area contributed by atoms with Crippen LogP contribution in [-0.2, 0) is 0 Å². The summed E-state index contributed by atoms with van der Waals surface area (Å²) >= 11 is 0. The van der Waals surface area contributed by atoms with Crippen molar-refractivity contribution in [2.75, 3.05) is 31.1 Å². The second kappa shape index (κ2) is 5.03. The molecule has 2 aliphatic carbocycles.